The van der Waals surface area contributed by atoms with E-state index in [4.69, 9.17) is 15.2 Å². The fraction of sp³-hybridized carbons (Fsp3) is 0.474. The van der Waals surface area contributed by atoms with Gasteiger partial charge in [-0.25, -0.2) is 0 Å². The van der Waals surface area contributed by atoms with E-state index < -0.39 is 6.04 Å². The van der Waals surface area contributed by atoms with E-state index in [1.807, 2.05) is 87.4 Å². The molecule has 3 aromatic rings. The van der Waals surface area contributed by atoms with Gasteiger partial charge in [0.2, 0.25) is 0 Å². The van der Waals surface area contributed by atoms with Crippen LogP contribution in [0.3, 0.4) is 0 Å². The van der Waals surface area contributed by atoms with Gasteiger partial charge in [-0.05, 0) is 88.2 Å². The summed E-state index contributed by atoms with van der Waals surface area (Å²) in [5.74, 6) is 0.161. The topological polar surface area (TPSA) is 121 Å². The molecule has 2 amide bonds. The molecule has 0 aromatic heterocycles. The van der Waals surface area contributed by atoms with Crippen LogP contribution in [0.15, 0.2) is 66.7 Å². The highest BCUT2D eigenvalue weighted by molar-refractivity contribution is 6.05. The molecule has 48 heavy (non-hydrogen) atoms. The molecule has 10 heteroatoms. The molecule has 4 rings (SSSR count). The molecular weight excluding hydrogens is 606 g/mol. The van der Waals surface area contributed by atoms with E-state index in [2.05, 4.69) is 24.2 Å². The maximum absolute atomic E-state index is 14.2. The van der Waals surface area contributed by atoms with Crippen molar-refractivity contribution in [1.82, 2.24) is 9.80 Å². The summed E-state index contributed by atoms with van der Waals surface area (Å²) in [7, 11) is 5.94. The molecule has 0 aliphatic carbocycles. The average Bonchev–Trinajstić information content (AvgIpc) is 3.06. The Labute approximate surface area is 285 Å². The quantitative estimate of drug-likeness (QED) is 0.257. The number of carbonyl (C=O) groups excluding carboxylic acids is 2. The number of rotatable bonds is 9. The second-order valence-electron chi connectivity index (χ2n) is 13.3. The number of fused-ring (bicyclic) bond motifs is 1. The van der Waals surface area contributed by atoms with Crippen LogP contribution in [0.2, 0.25) is 0 Å². The van der Waals surface area contributed by atoms with Gasteiger partial charge < -0.3 is 35.4 Å². The van der Waals surface area contributed by atoms with Crippen molar-refractivity contribution in [3.63, 3.8) is 0 Å². The number of benzene rings is 3. The highest BCUT2D eigenvalue weighted by Gasteiger charge is 2.30. The van der Waals surface area contributed by atoms with E-state index in [0.717, 1.165) is 30.5 Å². The van der Waals surface area contributed by atoms with Gasteiger partial charge in [0.15, 0.2) is 0 Å². The van der Waals surface area contributed by atoms with Gasteiger partial charge >= 0.3 is 0 Å². The maximum Gasteiger partial charge on any atom is 0.258 e. The van der Waals surface area contributed by atoms with E-state index in [9.17, 15) is 14.7 Å². The highest BCUT2D eigenvalue weighted by Crippen LogP contribution is 2.29. The number of hydrogen-bond acceptors (Lipinski definition) is 8. The lowest BCUT2D eigenvalue weighted by Crippen LogP contribution is -2.47. The first-order valence-corrected chi connectivity index (χ1v) is 16.9. The molecule has 0 spiro atoms. The van der Waals surface area contributed by atoms with Gasteiger partial charge in [0, 0.05) is 57.5 Å². The lowest BCUT2D eigenvalue weighted by molar-refractivity contribution is -0.0177. The fourth-order valence-electron chi connectivity index (χ4n) is 5.90. The molecule has 4 atom stereocenters. The number of aliphatic hydroxyl groups excluding tert-OH is 1. The van der Waals surface area contributed by atoms with Crippen molar-refractivity contribution in [3.05, 3.63) is 83.4 Å². The minimum atomic E-state index is -0.395. The smallest absolute Gasteiger partial charge is 0.258 e. The first-order valence-electron chi connectivity index (χ1n) is 16.9. The van der Waals surface area contributed by atoms with Crippen LogP contribution in [0, 0.1) is 5.92 Å². The van der Waals surface area contributed by atoms with E-state index in [-0.39, 0.29) is 36.5 Å². The molecule has 0 fully saturated rings. The third-order valence-electron chi connectivity index (χ3n) is 8.92. The Morgan fingerprint density at radius 3 is 2.48 bits per heavy atom. The molecule has 0 saturated heterocycles. The Balaban J connectivity index is 1.49. The molecule has 0 unspecified atom stereocenters. The summed E-state index contributed by atoms with van der Waals surface area (Å²) in [4.78, 5) is 33.0. The van der Waals surface area contributed by atoms with Crippen LogP contribution < -0.4 is 20.7 Å². The SMILES string of the molecule is C[C@@H]1CN([C@@H](C)CO)C(=O)c2cc(N(C)C)ccc2O[C@@H](C)CCCCO[C@@H]1CN(C)Cc1ccc(C(=O)Nc2ccccc2N)cc1. The third-order valence-corrected chi connectivity index (χ3v) is 8.92. The molecular formula is C38H53N5O5. The fourth-order valence-corrected chi connectivity index (χ4v) is 5.90. The third kappa shape index (κ3) is 9.95. The lowest BCUT2D eigenvalue weighted by atomic mass is 10.0. The normalized spacial score (nSPS) is 20.0. The zero-order valence-electron chi connectivity index (χ0n) is 29.3. The van der Waals surface area contributed by atoms with Gasteiger partial charge in [0.05, 0.1) is 41.8 Å². The van der Waals surface area contributed by atoms with E-state index in [1.54, 1.807) is 17.0 Å². The van der Waals surface area contributed by atoms with Gasteiger partial charge in [0.1, 0.15) is 5.75 Å². The Kier molecular flexibility index (Phi) is 13.3. The standard InChI is InChI=1S/C38H53N5O5/c1-26-22-43(27(2)25-44)38(46)32-21-31(41(4)5)18-19-35(32)48-28(3)11-9-10-20-47-36(26)24-42(6)23-29-14-16-30(17-15-29)37(45)40-34-13-8-7-12-33(34)39/h7-8,12-19,21,26-28,36,44H,9-11,20,22-25,39H2,1-6H3,(H,40,45)/t26-,27+,28+,36-/m1/s1. The lowest BCUT2D eigenvalue weighted by Gasteiger charge is -2.36. The monoisotopic (exact) mass is 659 g/mol. The number of para-hydroxylation sites is 2. The maximum atomic E-state index is 14.2. The van der Waals surface area contributed by atoms with Crippen molar-refractivity contribution in [2.45, 2.75) is 64.8 Å². The van der Waals surface area contributed by atoms with Crippen LogP contribution in [0.4, 0.5) is 17.1 Å². The largest absolute Gasteiger partial charge is 0.490 e. The Bertz CT molecular complexity index is 1500. The molecule has 1 aliphatic rings. The van der Waals surface area contributed by atoms with Gasteiger partial charge in [-0.15, -0.1) is 0 Å². The predicted molar refractivity (Wildman–Crippen MR) is 193 cm³/mol. The molecule has 0 bridgehead atoms. The van der Waals surface area contributed by atoms with Crippen molar-refractivity contribution < 1.29 is 24.2 Å². The van der Waals surface area contributed by atoms with Crippen molar-refractivity contribution in [1.29, 1.82) is 0 Å². The van der Waals surface area contributed by atoms with Crippen molar-refractivity contribution in [2.75, 3.05) is 63.4 Å². The number of amides is 2. The van der Waals surface area contributed by atoms with Gasteiger partial charge in [-0.3, -0.25) is 14.5 Å². The molecule has 3 aromatic carbocycles. The summed E-state index contributed by atoms with van der Waals surface area (Å²) < 4.78 is 12.8. The van der Waals surface area contributed by atoms with Crippen LogP contribution in [0.1, 0.15) is 66.3 Å². The van der Waals surface area contributed by atoms with Gasteiger partial charge in [0.25, 0.3) is 11.8 Å². The number of carbonyl (C=O) groups is 2. The van der Waals surface area contributed by atoms with E-state index >= 15 is 0 Å². The van der Waals surface area contributed by atoms with Crippen LogP contribution in [-0.4, -0.2) is 92.4 Å². The number of nitrogen functional groups attached to an aromatic ring is 1. The number of anilines is 3. The molecule has 0 radical (unpaired) electrons. The predicted octanol–water partition coefficient (Wildman–Crippen LogP) is 5.51. The summed E-state index contributed by atoms with van der Waals surface area (Å²) in [6.07, 6.45) is 2.48. The second kappa shape index (κ2) is 17.3. The Morgan fingerprint density at radius 2 is 1.79 bits per heavy atom. The van der Waals surface area contributed by atoms with Crippen LogP contribution in [0.25, 0.3) is 0 Å². The average molecular weight is 660 g/mol. The van der Waals surface area contributed by atoms with E-state index in [0.29, 0.717) is 54.5 Å². The van der Waals surface area contributed by atoms with Gasteiger partial charge in [-0.1, -0.05) is 31.2 Å². The van der Waals surface area contributed by atoms with Crippen LogP contribution >= 0.6 is 0 Å². The first-order chi connectivity index (χ1) is 23.0. The minimum Gasteiger partial charge on any atom is -0.490 e. The summed E-state index contributed by atoms with van der Waals surface area (Å²) in [6, 6.07) is 20.1. The van der Waals surface area contributed by atoms with Crippen LogP contribution in [-0.2, 0) is 11.3 Å². The molecule has 10 nitrogen and oxygen atoms in total. The molecule has 260 valence electrons. The minimum absolute atomic E-state index is 0.0230. The molecule has 1 aliphatic heterocycles. The van der Waals surface area contributed by atoms with Gasteiger partial charge in [-0.2, -0.15) is 0 Å². The van der Waals surface area contributed by atoms with Crippen LogP contribution in [0.5, 0.6) is 5.75 Å². The number of ether oxygens (including phenoxy) is 2. The highest BCUT2D eigenvalue weighted by atomic mass is 16.5. The second-order valence-corrected chi connectivity index (χ2v) is 13.3. The molecule has 0 saturated carbocycles. The number of hydrogen-bond donors (Lipinski definition) is 3. The first kappa shape index (κ1) is 36.7. The van der Waals surface area contributed by atoms with Crippen molar-refractivity contribution in [3.8, 4) is 5.75 Å². The summed E-state index contributed by atoms with van der Waals surface area (Å²) in [5, 5.41) is 13.1. The van der Waals surface area contributed by atoms with Crippen molar-refractivity contribution >= 4 is 28.9 Å². The zero-order valence-corrected chi connectivity index (χ0v) is 29.3. The molecule has 4 N–H and O–H groups in total. The summed E-state index contributed by atoms with van der Waals surface area (Å²) in [5.41, 5.74) is 10.1. The van der Waals surface area contributed by atoms with Crippen molar-refractivity contribution in [2.24, 2.45) is 5.92 Å². The number of nitrogens with one attached hydrogen (secondary N) is 1. The summed E-state index contributed by atoms with van der Waals surface area (Å²) >= 11 is 0. The number of aliphatic hydroxyl groups is 1. The summed E-state index contributed by atoms with van der Waals surface area (Å²) in [6.45, 7) is 8.18. The Hall–Kier alpha value is -4.12. The number of nitrogens with zero attached hydrogens (tertiary/aromatic N) is 3. The molecule has 1 heterocycles. The Morgan fingerprint density at radius 1 is 1.06 bits per heavy atom. The van der Waals surface area contributed by atoms with E-state index in [1.165, 1.54) is 0 Å². The number of nitrogens with two attached hydrogens (primary N) is 1. The number of likely N-dealkylation sites (N-methyl/N-ethyl adjacent to an activating group) is 1. The zero-order chi connectivity index (χ0) is 34.8.